The zero-order valence-electron chi connectivity index (χ0n) is 13.6. The van der Waals surface area contributed by atoms with E-state index in [2.05, 4.69) is 20.6 Å². The molecule has 2 aromatic heterocycles. The van der Waals surface area contributed by atoms with Crippen molar-refractivity contribution in [1.82, 2.24) is 25.3 Å². The van der Waals surface area contributed by atoms with Crippen LogP contribution >= 0.6 is 0 Å². The van der Waals surface area contributed by atoms with E-state index >= 15 is 0 Å². The van der Waals surface area contributed by atoms with Gasteiger partial charge in [-0.1, -0.05) is 0 Å². The Morgan fingerprint density at radius 3 is 2.62 bits per heavy atom. The lowest BCUT2D eigenvalue weighted by atomic mass is 10.2. The lowest BCUT2D eigenvalue weighted by Crippen LogP contribution is -2.33. The normalized spacial score (nSPS) is 13.0. The van der Waals surface area contributed by atoms with Crippen molar-refractivity contribution in [1.29, 1.82) is 0 Å². The summed E-state index contributed by atoms with van der Waals surface area (Å²) in [7, 11) is 1.72. The van der Waals surface area contributed by atoms with Gasteiger partial charge in [0.25, 0.3) is 0 Å². The maximum absolute atomic E-state index is 12.5. The number of fused-ring (bicyclic) bond motifs is 1. The van der Waals surface area contributed by atoms with Gasteiger partial charge >= 0.3 is 6.18 Å². The monoisotopic (exact) mass is 368 g/mol. The molecule has 0 aliphatic carbocycles. The highest BCUT2D eigenvalue weighted by atomic mass is 19.4. The molecule has 3 rings (SSSR count). The molecule has 0 fully saturated rings. The van der Waals surface area contributed by atoms with Gasteiger partial charge < -0.3 is 14.7 Å². The van der Waals surface area contributed by atoms with Crippen molar-refractivity contribution in [2.24, 2.45) is 0 Å². The van der Waals surface area contributed by atoms with Crippen molar-refractivity contribution in [3.8, 4) is 5.75 Å². The van der Waals surface area contributed by atoms with Gasteiger partial charge in [-0.15, -0.1) is 14.8 Å². The highest BCUT2D eigenvalue weighted by Gasteiger charge is 2.30. The third kappa shape index (κ3) is 4.17. The first-order valence-electron chi connectivity index (χ1n) is 7.57. The molecular formula is C15H15F3N6O2. The Kier molecular flexibility index (Phi) is 4.89. The zero-order chi connectivity index (χ0) is 18.7. The minimum absolute atomic E-state index is 0.0805. The largest absolute Gasteiger partial charge is 0.491 e. The Bertz CT molecular complexity index is 868. The van der Waals surface area contributed by atoms with Crippen LogP contribution < -0.4 is 9.64 Å². The summed E-state index contributed by atoms with van der Waals surface area (Å²) < 4.78 is 44.1. The van der Waals surface area contributed by atoms with Crippen molar-refractivity contribution >= 4 is 11.5 Å². The Balaban J connectivity index is 1.54. The molecule has 11 heteroatoms. The van der Waals surface area contributed by atoms with Gasteiger partial charge in [-0.3, -0.25) is 0 Å². The molecule has 0 aliphatic rings. The van der Waals surface area contributed by atoms with Crippen LogP contribution in [-0.2, 0) is 6.18 Å². The lowest BCUT2D eigenvalue weighted by Gasteiger charge is -2.21. The smallest absolute Gasteiger partial charge is 0.416 e. The molecule has 1 N–H and O–H groups in total. The van der Waals surface area contributed by atoms with Crippen molar-refractivity contribution in [3.05, 3.63) is 42.0 Å². The summed E-state index contributed by atoms with van der Waals surface area (Å²) in [4.78, 5) is 1.68. The number of alkyl halides is 3. The van der Waals surface area contributed by atoms with E-state index in [4.69, 9.17) is 4.74 Å². The number of nitrogens with zero attached hydrogens (tertiary/aromatic N) is 6. The number of hydrogen-bond donors (Lipinski definition) is 1. The lowest BCUT2D eigenvalue weighted by molar-refractivity contribution is -0.137. The summed E-state index contributed by atoms with van der Waals surface area (Å²) in [5, 5.41) is 25.2. The van der Waals surface area contributed by atoms with Crippen molar-refractivity contribution in [3.63, 3.8) is 0 Å². The van der Waals surface area contributed by atoms with Crippen LogP contribution in [0.15, 0.2) is 36.4 Å². The summed E-state index contributed by atoms with van der Waals surface area (Å²) >= 11 is 0. The molecule has 0 saturated carbocycles. The van der Waals surface area contributed by atoms with E-state index in [1.54, 1.807) is 24.1 Å². The molecular weight excluding hydrogens is 353 g/mol. The average Bonchev–Trinajstić information content (AvgIpc) is 3.07. The third-order valence-corrected chi connectivity index (χ3v) is 3.56. The third-order valence-electron chi connectivity index (χ3n) is 3.56. The Hall–Kier alpha value is -2.95. The van der Waals surface area contributed by atoms with Crippen molar-refractivity contribution < 1.29 is 23.0 Å². The SMILES string of the molecule is CN(CC(O)COc1ccc(C(F)(F)F)cc1)c1ccc2nnnn2n1. The number of likely N-dealkylation sites (N-methyl/N-ethyl adjacent to an activating group) is 1. The molecule has 138 valence electrons. The van der Waals surface area contributed by atoms with Crippen LogP contribution in [0.2, 0.25) is 0 Å². The fourth-order valence-electron chi connectivity index (χ4n) is 2.24. The number of benzene rings is 1. The first-order chi connectivity index (χ1) is 12.3. The van der Waals surface area contributed by atoms with Crippen LogP contribution in [0.25, 0.3) is 5.65 Å². The number of hydrogen-bond acceptors (Lipinski definition) is 7. The molecule has 8 nitrogen and oxygen atoms in total. The summed E-state index contributed by atoms with van der Waals surface area (Å²) in [6.45, 7) is 0.115. The molecule has 0 spiro atoms. The molecule has 26 heavy (non-hydrogen) atoms. The van der Waals surface area contributed by atoms with Crippen LogP contribution in [0.1, 0.15) is 5.56 Å². The van der Waals surface area contributed by atoms with Gasteiger partial charge in [-0.2, -0.15) is 13.2 Å². The van der Waals surface area contributed by atoms with Crippen molar-refractivity contribution in [2.45, 2.75) is 12.3 Å². The minimum atomic E-state index is -4.39. The molecule has 0 bridgehead atoms. The Morgan fingerprint density at radius 1 is 1.19 bits per heavy atom. The fraction of sp³-hybridized carbons (Fsp3) is 0.333. The average molecular weight is 368 g/mol. The molecule has 1 atom stereocenters. The van der Waals surface area contributed by atoms with Gasteiger partial charge in [0.1, 0.15) is 18.5 Å². The summed E-state index contributed by atoms with van der Waals surface area (Å²) in [5.74, 6) is 0.784. The van der Waals surface area contributed by atoms with E-state index in [1.165, 1.54) is 16.8 Å². The van der Waals surface area contributed by atoms with Crippen LogP contribution in [0.5, 0.6) is 5.75 Å². The highest BCUT2D eigenvalue weighted by molar-refractivity contribution is 5.43. The summed E-state index contributed by atoms with van der Waals surface area (Å²) in [6, 6.07) is 7.68. The topological polar surface area (TPSA) is 88.7 Å². The maximum atomic E-state index is 12.5. The molecule has 2 heterocycles. The summed E-state index contributed by atoms with van der Waals surface area (Å²) in [6.07, 6.45) is -5.28. The molecule has 3 aromatic rings. The van der Waals surface area contributed by atoms with Crippen LogP contribution in [0, 0.1) is 0 Å². The molecule has 0 amide bonds. The van der Waals surface area contributed by atoms with Gasteiger partial charge in [-0.05, 0) is 46.8 Å². The number of anilines is 1. The number of aliphatic hydroxyl groups excluding tert-OH is 1. The first-order valence-corrected chi connectivity index (χ1v) is 7.57. The van der Waals surface area contributed by atoms with Crippen LogP contribution in [0.3, 0.4) is 0 Å². The minimum Gasteiger partial charge on any atom is -0.491 e. The van der Waals surface area contributed by atoms with E-state index in [0.717, 1.165) is 12.1 Å². The second-order valence-electron chi connectivity index (χ2n) is 5.59. The standard InChI is InChI=1S/C15H15F3N6O2/c1-23(14-7-6-13-19-21-22-24(13)20-14)8-11(25)9-26-12-4-2-10(3-5-12)15(16,17)18/h2-7,11,25H,8-9H2,1H3. The van der Waals surface area contributed by atoms with Crippen LogP contribution in [-0.4, -0.2) is 56.7 Å². The number of tetrazole rings is 1. The molecule has 0 aliphatic heterocycles. The fourth-order valence-corrected chi connectivity index (χ4v) is 2.24. The Labute approximate surface area is 145 Å². The predicted octanol–water partition coefficient (Wildman–Crippen LogP) is 1.41. The number of halogens is 3. The second kappa shape index (κ2) is 7.12. The maximum Gasteiger partial charge on any atom is 0.416 e. The summed E-state index contributed by atoms with van der Waals surface area (Å²) in [5.41, 5.74) is -0.262. The van der Waals surface area contributed by atoms with Crippen molar-refractivity contribution in [2.75, 3.05) is 25.1 Å². The predicted molar refractivity (Wildman–Crippen MR) is 84.8 cm³/mol. The van der Waals surface area contributed by atoms with Gasteiger partial charge in [0.15, 0.2) is 11.5 Å². The molecule has 1 unspecified atom stereocenters. The van der Waals surface area contributed by atoms with Crippen LogP contribution in [0.4, 0.5) is 19.0 Å². The number of aliphatic hydroxyl groups is 1. The Morgan fingerprint density at radius 2 is 1.92 bits per heavy atom. The van der Waals surface area contributed by atoms with Gasteiger partial charge in [-0.25, -0.2) is 0 Å². The number of ether oxygens (including phenoxy) is 1. The zero-order valence-corrected chi connectivity index (χ0v) is 13.6. The van der Waals surface area contributed by atoms with E-state index in [9.17, 15) is 18.3 Å². The van der Waals surface area contributed by atoms with E-state index in [0.29, 0.717) is 11.5 Å². The molecule has 0 saturated heterocycles. The second-order valence-corrected chi connectivity index (χ2v) is 5.59. The van der Waals surface area contributed by atoms with E-state index < -0.39 is 17.8 Å². The van der Waals surface area contributed by atoms with Gasteiger partial charge in [0.05, 0.1) is 5.56 Å². The quantitative estimate of drug-likeness (QED) is 0.704. The van der Waals surface area contributed by atoms with E-state index in [1.807, 2.05) is 0 Å². The molecule has 0 radical (unpaired) electrons. The first kappa shape index (κ1) is 17.9. The number of rotatable bonds is 6. The van der Waals surface area contributed by atoms with Gasteiger partial charge in [0, 0.05) is 13.6 Å². The number of aromatic nitrogens is 5. The van der Waals surface area contributed by atoms with E-state index in [-0.39, 0.29) is 18.9 Å². The molecule has 1 aromatic carbocycles. The highest BCUT2D eigenvalue weighted by Crippen LogP contribution is 2.30. The van der Waals surface area contributed by atoms with Gasteiger partial charge in [0.2, 0.25) is 0 Å².